The lowest BCUT2D eigenvalue weighted by molar-refractivity contribution is -0.153. The highest BCUT2D eigenvalue weighted by molar-refractivity contribution is 5.28. The number of fused-ring (bicyclic) bond motifs is 1. The first-order valence-electron chi connectivity index (χ1n) is 8.23. The molecule has 3 fully saturated rings. The van der Waals surface area contributed by atoms with Crippen molar-refractivity contribution in [1.29, 1.82) is 0 Å². The van der Waals surface area contributed by atoms with Gasteiger partial charge in [0.1, 0.15) is 0 Å². The van der Waals surface area contributed by atoms with Crippen LogP contribution in [0.3, 0.4) is 0 Å². The maximum Gasteiger partial charge on any atom is 0.0691 e. The molecule has 1 saturated heterocycles. The second-order valence-corrected chi connectivity index (χ2v) is 7.69. The van der Waals surface area contributed by atoms with Crippen LogP contribution in [0.15, 0.2) is 30.3 Å². The van der Waals surface area contributed by atoms with Crippen LogP contribution >= 0.6 is 0 Å². The van der Waals surface area contributed by atoms with Crippen LogP contribution in [0.1, 0.15) is 38.2 Å². The Morgan fingerprint density at radius 1 is 1.29 bits per heavy atom. The van der Waals surface area contributed by atoms with Gasteiger partial charge in [-0.3, -0.25) is 0 Å². The summed E-state index contributed by atoms with van der Waals surface area (Å²) in [5.41, 5.74) is 8.21. The van der Waals surface area contributed by atoms with Crippen LogP contribution in [-0.4, -0.2) is 30.8 Å². The van der Waals surface area contributed by atoms with Gasteiger partial charge in [-0.2, -0.15) is 0 Å². The zero-order valence-corrected chi connectivity index (χ0v) is 13.0. The van der Waals surface area contributed by atoms with Crippen molar-refractivity contribution in [2.45, 2.75) is 50.3 Å². The van der Waals surface area contributed by atoms with Crippen LogP contribution in [0.2, 0.25) is 0 Å². The second kappa shape index (κ2) is 4.55. The molecule has 1 heterocycles. The molecule has 5 unspecified atom stereocenters. The molecule has 5 atom stereocenters. The molecule has 114 valence electrons. The lowest BCUT2D eigenvalue weighted by Crippen LogP contribution is -2.78. The Labute approximate surface area is 127 Å². The molecular formula is C18H26N2O. The topological polar surface area (TPSA) is 47.3 Å². The van der Waals surface area contributed by atoms with Crippen molar-refractivity contribution < 1.29 is 4.74 Å². The zero-order valence-electron chi connectivity index (χ0n) is 13.0. The van der Waals surface area contributed by atoms with Crippen molar-refractivity contribution >= 4 is 0 Å². The molecule has 0 aromatic heterocycles. The third kappa shape index (κ3) is 1.91. The van der Waals surface area contributed by atoms with Crippen molar-refractivity contribution in [1.82, 2.24) is 5.32 Å². The zero-order chi connectivity index (χ0) is 14.7. The van der Waals surface area contributed by atoms with E-state index in [1.54, 1.807) is 0 Å². The first kappa shape index (κ1) is 13.7. The van der Waals surface area contributed by atoms with Crippen LogP contribution in [0.4, 0.5) is 0 Å². The Morgan fingerprint density at radius 2 is 2.05 bits per heavy atom. The number of hydrogen-bond donors (Lipinski definition) is 2. The van der Waals surface area contributed by atoms with Gasteiger partial charge in [0.05, 0.1) is 6.10 Å². The van der Waals surface area contributed by atoms with Gasteiger partial charge in [-0.25, -0.2) is 0 Å². The molecule has 3 heteroatoms. The molecule has 21 heavy (non-hydrogen) atoms. The minimum absolute atomic E-state index is 0.0816. The van der Waals surface area contributed by atoms with Gasteiger partial charge in [-0.15, -0.1) is 0 Å². The van der Waals surface area contributed by atoms with E-state index in [1.807, 2.05) is 0 Å². The summed E-state index contributed by atoms with van der Waals surface area (Å²) >= 11 is 0. The Bertz CT molecular complexity index is 529. The van der Waals surface area contributed by atoms with Gasteiger partial charge in [-0.1, -0.05) is 44.2 Å². The van der Waals surface area contributed by atoms with Crippen LogP contribution in [0.25, 0.3) is 0 Å². The van der Waals surface area contributed by atoms with Crippen molar-refractivity contribution in [3.05, 3.63) is 35.9 Å². The lowest BCUT2D eigenvalue weighted by Gasteiger charge is -2.62. The Morgan fingerprint density at radius 3 is 2.81 bits per heavy atom. The number of hydrogen-bond acceptors (Lipinski definition) is 3. The van der Waals surface area contributed by atoms with Crippen molar-refractivity contribution in [2.75, 3.05) is 13.2 Å². The third-order valence-corrected chi connectivity index (χ3v) is 6.34. The van der Waals surface area contributed by atoms with Gasteiger partial charge in [-0.05, 0) is 18.4 Å². The summed E-state index contributed by atoms with van der Waals surface area (Å²) in [6.07, 6.45) is 2.73. The average molecular weight is 286 g/mol. The monoisotopic (exact) mass is 286 g/mol. The molecule has 0 spiro atoms. The Hall–Kier alpha value is -0.900. The summed E-state index contributed by atoms with van der Waals surface area (Å²) in [5, 5.41) is 3.74. The van der Waals surface area contributed by atoms with Crippen LogP contribution in [0.5, 0.6) is 0 Å². The second-order valence-electron chi connectivity index (χ2n) is 7.69. The number of benzene rings is 1. The summed E-state index contributed by atoms with van der Waals surface area (Å²) in [5.74, 6) is 1.21. The Kier molecular flexibility index (Phi) is 2.97. The number of nitrogens with two attached hydrogens (primary N) is 1. The molecule has 0 radical (unpaired) electrons. The first-order valence-corrected chi connectivity index (χ1v) is 8.23. The largest absolute Gasteiger partial charge is 0.377 e. The highest BCUT2D eigenvalue weighted by atomic mass is 16.5. The van der Waals surface area contributed by atoms with E-state index < -0.39 is 0 Å². The molecule has 4 rings (SSSR count). The lowest BCUT2D eigenvalue weighted by atomic mass is 9.48. The molecule has 2 saturated carbocycles. The third-order valence-electron chi connectivity index (χ3n) is 6.34. The van der Waals surface area contributed by atoms with Gasteiger partial charge < -0.3 is 15.8 Å². The minimum atomic E-state index is -0.113. The fraction of sp³-hybridized carbons (Fsp3) is 0.667. The summed E-state index contributed by atoms with van der Waals surface area (Å²) in [7, 11) is 0. The highest BCUT2D eigenvalue weighted by Crippen LogP contribution is 2.58. The summed E-state index contributed by atoms with van der Waals surface area (Å²) in [4.78, 5) is 0. The van der Waals surface area contributed by atoms with Crippen molar-refractivity contribution in [2.24, 2.45) is 17.1 Å². The summed E-state index contributed by atoms with van der Waals surface area (Å²) in [6.45, 7) is 6.33. The van der Waals surface area contributed by atoms with E-state index in [9.17, 15) is 0 Å². The van der Waals surface area contributed by atoms with E-state index in [1.165, 1.54) is 12.0 Å². The molecule has 0 amide bonds. The van der Waals surface area contributed by atoms with Gasteiger partial charge in [0.25, 0.3) is 0 Å². The van der Waals surface area contributed by atoms with Crippen LogP contribution in [0, 0.1) is 11.3 Å². The maximum atomic E-state index is 6.78. The van der Waals surface area contributed by atoms with Crippen molar-refractivity contribution in [3.63, 3.8) is 0 Å². The smallest absolute Gasteiger partial charge is 0.0691 e. The Balaban J connectivity index is 1.38. The standard InChI is InChI=1S/C18H26N2O/c1-17(2)16-14(8-9-21-16)18(17,19)11-20-15-10-13(15)12-6-4-3-5-7-12/h3-7,13-16,20H,8-11,19H2,1-2H3. The van der Waals surface area contributed by atoms with Crippen molar-refractivity contribution in [3.8, 4) is 0 Å². The number of nitrogens with one attached hydrogen (secondary N) is 1. The minimum Gasteiger partial charge on any atom is -0.377 e. The van der Waals surface area contributed by atoms with E-state index in [-0.39, 0.29) is 11.0 Å². The summed E-state index contributed by atoms with van der Waals surface area (Å²) in [6, 6.07) is 11.4. The first-order chi connectivity index (χ1) is 10.0. The van der Waals surface area contributed by atoms with Crippen LogP contribution in [-0.2, 0) is 4.74 Å². The van der Waals surface area contributed by atoms with Gasteiger partial charge in [0, 0.05) is 42.0 Å². The van der Waals surface area contributed by atoms with E-state index in [4.69, 9.17) is 10.5 Å². The molecule has 1 aliphatic heterocycles. The van der Waals surface area contributed by atoms with Crippen LogP contribution < -0.4 is 11.1 Å². The maximum absolute atomic E-state index is 6.78. The van der Waals surface area contributed by atoms with E-state index in [0.29, 0.717) is 24.0 Å². The van der Waals surface area contributed by atoms with Gasteiger partial charge in [0.2, 0.25) is 0 Å². The normalized spacial score (nSPS) is 43.2. The van der Waals surface area contributed by atoms with E-state index in [0.717, 1.165) is 19.6 Å². The van der Waals surface area contributed by atoms with Gasteiger partial charge in [0.15, 0.2) is 0 Å². The SMILES string of the molecule is CC1(C)C2OCCC2C1(N)CNC1CC1c1ccccc1. The average Bonchev–Trinajstić information content (AvgIpc) is 3.10. The summed E-state index contributed by atoms with van der Waals surface area (Å²) < 4.78 is 5.87. The quantitative estimate of drug-likeness (QED) is 0.892. The van der Waals surface area contributed by atoms with E-state index in [2.05, 4.69) is 49.5 Å². The number of ether oxygens (including phenoxy) is 1. The molecular weight excluding hydrogens is 260 g/mol. The molecule has 1 aromatic carbocycles. The molecule has 2 aliphatic carbocycles. The predicted molar refractivity (Wildman–Crippen MR) is 84.1 cm³/mol. The predicted octanol–water partition coefficient (Wildman–Crippen LogP) is 2.27. The van der Waals surface area contributed by atoms with E-state index >= 15 is 0 Å². The molecule has 1 aromatic rings. The fourth-order valence-electron chi connectivity index (χ4n) is 4.62. The van der Waals surface area contributed by atoms with Gasteiger partial charge >= 0.3 is 0 Å². The molecule has 0 bridgehead atoms. The molecule has 3 N–H and O–H groups in total. The highest BCUT2D eigenvalue weighted by Gasteiger charge is 2.67. The molecule has 3 aliphatic rings. The molecule has 3 nitrogen and oxygen atoms in total. The fourth-order valence-corrected chi connectivity index (χ4v) is 4.62. The number of rotatable bonds is 4.